The van der Waals surface area contributed by atoms with Crippen LogP contribution in [0.4, 0.5) is 29.3 Å². The number of hydrogen-bond acceptors (Lipinski definition) is 2. The standard InChI is InChI=1S/C17H14F3N3O2/c1-25-15-9-12(8-14-13(15)6-7-21-14)23-16(24)22-11-4-2-10(3-5-11)17(18,19)20/h2-9,21H,1H3,(H2,22,23,24). The van der Waals surface area contributed by atoms with Gasteiger partial charge in [-0.3, -0.25) is 0 Å². The van der Waals surface area contributed by atoms with Gasteiger partial charge in [0.2, 0.25) is 0 Å². The zero-order valence-corrected chi connectivity index (χ0v) is 13.1. The van der Waals surface area contributed by atoms with Crippen molar-refractivity contribution in [2.24, 2.45) is 0 Å². The number of aromatic nitrogens is 1. The zero-order valence-electron chi connectivity index (χ0n) is 13.1. The highest BCUT2D eigenvalue weighted by Crippen LogP contribution is 2.30. The van der Waals surface area contributed by atoms with Gasteiger partial charge in [-0.2, -0.15) is 13.2 Å². The minimum atomic E-state index is -4.41. The van der Waals surface area contributed by atoms with E-state index in [0.717, 1.165) is 23.0 Å². The molecule has 5 nitrogen and oxygen atoms in total. The first-order valence-electron chi connectivity index (χ1n) is 7.27. The van der Waals surface area contributed by atoms with Gasteiger partial charge in [-0.05, 0) is 36.4 Å². The van der Waals surface area contributed by atoms with Crippen LogP contribution < -0.4 is 15.4 Å². The molecule has 0 bridgehead atoms. The summed E-state index contributed by atoms with van der Waals surface area (Å²) in [5.41, 5.74) is 0.735. The third kappa shape index (κ3) is 3.68. The number of anilines is 2. The number of aromatic amines is 1. The third-order valence-corrected chi connectivity index (χ3v) is 3.58. The molecule has 3 aromatic rings. The second kappa shape index (κ2) is 6.39. The van der Waals surface area contributed by atoms with E-state index in [1.165, 1.54) is 19.2 Å². The Balaban J connectivity index is 1.72. The Morgan fingerprint density at radius 2 is 1.72 bits per heavy atom. The van der Waals surface area contributed by atoms with E-state index in [4.69, 9.17) is 4.74 Å². The highest BCUT2D eigenvalue weighted by Gasteiger charge is 2.29. The predicted molar refractivity (Wildman–Crippen MR) is 88.9 cm³/mol. The Kier molecular flexibility index (Phi) is 4.26. The van der Waals surface area contributed by atoms with E-state index < -0.39 is 17.8 Å². The number of carbonyl (C=O) groups excluding carboxylic acids is 1. The van der Waals surface area contributed by atoms with Crippen LogP contribution in [-0.2, 0) is 6.18 Å². The van der Waals surface area contributed by atoms with E-state index in [-0.39, 0.29) is 5.69 Å². The van der Waals surface area contributed by atoms with Gasteiger partial charge in [0.15, 0.2) is 0 Å². The lowest BCUT2D eigenvalue weighted by molar-refractivity contribution is -0.137. The van der Waals surface area contributed by atoms with Crippen LogP contribution in [0.3, 0.4) is 0 Å². The number of carbonyl (C=O) groups is 1. The van der Waals surface area contributed by atoms with Crippen molar-refractivity contribution < 1.29 is 22.7 Å². The lowest BCUT2D eigenvalue weighted by Crippen LogP contribution is -2.19. The highest BCUT2D eigenvalue weighted by molar-refractivity contribution is 6.01. The molecule has 3 rings (SSSR count). The summed E-state index contributed by atoms with van der Waals surface area (Å²) < 4.78 is 42.9. The summed E-state index contributed by atoms with van der Waals surface area (Å²) in [6.07, 6.45) is -2.66. The Morgan fingerprint density at radius 1 is 1.04 bits per heavy atom. The van der Waals surface area contributed by atoms with E-state index in [2.05, 4.69) is 15.6 Å². The molecule has 0 unspecified atom stereocenters. The van der Waals surface area contributed by atoms with Gasteiger partial charge in [0.05, 0.1) is 18.2 Å². The maximum atomic E-state index is 12.5. The average Bonchev–Trinajstić information content (AvgIpc) is 3.02. The number of amides is 2. The minimum Gasteiger partial charge on any atom is -0.496 e. The normalized spacial score (nSPS) is 11.4. The van der Waals surface area contributed by atoms with E-state index in [9.17, 15) is 18.0 Å². The van der Waals surface area contributed by atoms with Crippen LogP contribution in [0.5, 0.6) is 5.75 Å². The first-order chi connectivity index (χ1) is 11.9. The summed E-state index contributed by atoms with van der Waals surface area (Å²) >= 11 is 0. The molecule has 0 radical (unpaired) electrons. The van der Waals surface area contributed by atoms with Crippen molar-refractivity contribution in [3.8, 4) is 5.75 Å². The van der Waals surface area contributed by atoms with E-state index >= 15 is 0 Å². The number of H-pyrrole nitrogens is 1. The summed E-state index contributed by atoms with van der Waals surface area (Å²) in [6.45, 7) is 0. The van der Waals surface area contributed by atoms with Crippen molar-refractivity contribution in [3.63, 3.8) is 0 Å². The van der Waals surface area contributed by atoms with Gasteiger partial charge in [-0.15, -0.1) is 0 Å². The van der Waals surface area contributed by atoms with Gasteiger partial charge in [0, 0.05) is 29.0 Å². The van der Waals surface area contributed by atoms with Crippen LogP contribution >= 0.6 is 0 Å². The molecule has 2 amide bonds. The number of fused-ring (bicyclic) bond motifs is 1. The summed E-state index contributed by atoms with van der Waals surface area (Å²) in [5, 5.41) is 5.97. The number of nitrogens with one attached hydrogen (secondary N) is 3. The van der Waals surface area contributed by atoms with Crippen molar-refractivity contribution in [2.75, 3.05) is 17.7 Å². The average molecular weight is 349 g/mol. The van der Waals surface area contributed by atoms with Crippen LogP contribution in [0.15, 0.2) is 48.7 Å². The fraction of sp³-hybridized carbons (Fsp3) is 0.118. The molecule has 2 aromatic carbocycles. The van der Waals surface area contributed by atoms with Gasteiger partial charge in [-0.25, -0.2) is 4.79 Å². The second-order valence-electron chi connectivity index (χ2n) is 5.27. The van der Waals surface area contributed by atoms with Gasteiger partial charge in [-0.1, -0.05) is 0 Å². The quantitative estimate of drug-likeness (QED) is 0.633. The summed E-state index contributed by atoms with van der Waals surface area (Å²) in [5.74, 6) is 0.587. The third-order valence-electron chi connectivity index (χ3n) is 3.58. The van der Waals surface area contributed by atoms with E-state index in [1.807, 2.05) is 6.07 Å². The van der Waals surface area contributed by atoms with Crippen LogP contribution in [0.1, 0.15) is 5.56 Å². The molecule has 0 aliphatic heterocycles. The summed E-state index contributed by atoms with van der Waals surface area (Å²) in [7, 11) is 1.52. The lowest BCUT2D eigenvalue weighted by Gasteiger charge is -2.11. The maximum absolute atomic E-state index is 12.5. The summed E-state index contributed by atoms with van der Waals surface area (Å²) in [4.78, 5) is 15.1. The molecule has 0 saturated heterocycles. The molecule has 3 N–H and O–H groups in total. The smallest absolute Gasteiger partial charge is 0.416 e. The lowest BCUT2D eigenvalue weighted by atomic mass is 10.2. The number of rotatable bonds is 3. The molecule has 0 aliphatic carbocycles. The molecular weight excluding hydrogens is 335 g/mol. The highest BCUT2D eigenvalue weighted by atomic mass is 19.4. The molecule has 0 atom stereocenters. The van der Waals surface area contributed by atoms with Crippen molar-refractivity contribution >= 4 is 28.3 Å². The Labute approximate surface area is 140 Å². The van der Waals surface area contributed by atoms with Gasteiger partial charge in [0.25, 0.3) is 0 Å². The van der Waals surface area contributed by atoms with Gasteiger partial charge >= 0.3 is 12.2 Å². The molecule has 25 heavy (non-hydrogen) atoms. The monoisotopic (exact) mass is 349 g/mol. The number of hydrogen-bond donors (Lipinski definition) is 3. The SMILES string of the molecule is COc1cc(NC(=O)Nc2ccc(C(F)(F)F)cc2)cc2[nH]ccc12. The number of alkyl halides is 3. The molecule has 130 valence electrons. The number of methoxy groups -OCH3 is 1. The zero-order chi connectivity index (χ0) is 18.0. The van der Waals surface area contributed by atoms with E-state index in [0.29, 0.717) is 11.4 Å². The van der Waals surface area contributed by atoms with Crippen LogP contribution in [0.25, 0.3) is 10.9 Å². The molecular formula is C17H14F3N3O2. The fourth-order valence-electron chi connectivity index (χ4n) is 2.41. The molecule has 1 heterocycles. The molecule has 8 heteroatoms. The van der Waals surface area contributed by atoms with Crippen LogP contribution in [-0.4, -0.2) is 18.1 Å². The first kappa shape index (κ1) is 16.7. The van der Waals surface area contributed by atoms with Gasteiger partial charge < -0.3 is 20.4 Å². The Hall–Kier alpha value is -3.16. The molecule has 0 saturated carbocycles. The minimum absolute atomic E-state index is 0.249. The molecule has 1 aromatic heterocycles. The van der Waals surface area contributed by atoms with Gasteiger partial charge in [0.1, 0.15) is 5.75 Å². The predicted octanol–water partition coefficient (Wildman–Crippen LogP) is 4.84. The molecule has 0 fully saturated rings. The van der Waals surface area contributed by atoms with E-state index in [1.54, 1.807) is 18.3 Å². The second-order valence-corrected chi connectivity index (χ2v) is 5.27. The van der Waals surface area contributed by atoms with Crippen LogP contribution in [0.2, 0.25) is 0 Å². The van der Waals surface area contributed by atoms with Crippen LogP contribution in [0, 0.1) is 0 Å². The van der Waals surface area contributed by atoms with Crippen molar-refractivity contribution in [2.45, 2.75) is 6.18 Å². The number of ether oxygens (including phenoxy) is 1. The van der Waals surface area contributed by atoms with Crippen molar-refractivity contribution in [3.05, 3.63) is 54.2 Å². The maximum Gasteiger partial charge on any atom is 0.416 e. The topological polar surface area (TPSA) is 66.2 Å². The number of urea groups is 1. The molecule has 0 spiro atoms. The first-order valence-corrected chi connectivity index (χ1v) is 7.27. The van der Waals surface area contributed by atoms with Crippen molar-refractivity contribution in [1.82, 2.24) is 4.98 Å². The number of benzene rings is 2. The fourth-order valence-corrected chi connectivity index (χ4v) is 2.41. The molecule has 0 aliphatic rings. The van der Waals surface area contributed by atoms with Crippen molar-refractivity contribution in [1.29, 1.82) is 0 Å². The Morgan fingerprint density at radius 3 is 2.36 bits per heavy atom. The largest absolute Gasteiger partial charge is 0.496 e. The Bertz CT molecular complexity index is 902. The number of halogens is 3. The summed E-state index contributed by atoms with van der Waals surface area (Å²) in [6, 6.07) is 8.85.